The van der Waals surface area contributed by atoms with Crippen LogP contribution in [0.3, 0.4) is 0 Å². The molecule has 16 heavy (non-hydrogen) atoms. The molecular weight excluding hydrogens is 219 g/mol. The topological polar surface area (TPSA) is 21.3 Å². The number of ether oxygens (including phenoxy) is 1. The Kier molecular flexibility index (Phi) is 2.80. The number of fused-ring (bicyclic) bond motifs is 1. The van der Waals surface area contributed by atoms with Crippen molar-refractivity contribution in [2.45, 2.75) is 18.6 Å². The van der Waals surface area contributed by atoms with Gasteiger partial charge in [0.25, 0.3) is 0 Å². The van der Waals surface area contributed by atoms with E-state index >= 15 is 0 Å². The molecule has 1 aliphatic heterocycles. The Balaban J connectivity index is 2.39. The van der Waals surface area contributed by atoms with Gasteiger partial charge in [-0.2, -0.15) is 13.2 Å². The fourth-order valence-corrected chi connectivity index (χ4v) is 1.87. The van der Waals surface area contributed by atoms with Crippen LogP contribution in [-0.4, -0.2) is 13.7 Å². The Morgan fingerprint density at radius 1 is 1.38 bits per heavy atom. The average molecular weight is 231 g/mol. The van der Waals surface area contributed by atoms with Crippen molar-refractivity contribution in [1.82, 2.24) is 5.32 Å². The van der Waals surface area contributed by atoms with Crippen LogP contribution in [0.1, 0.15) is 23.6 Å². The quantitative estimate of drug-likeness (QED) is 0.802. The van der Waals surface area contributed by atoms with Crippen LogP contribution in [0.5, 0.6) is 5.75 Å². The molecule has 0 radical (unpaired) electrons. The van der Waals surface area contributed by atoms with E-state index in [9.17, 15) is 13.2 Å². The van der Waals surface area contributed by atoms with Crippen molar-refractivity contribution in [1.29, 1.82) is 0 Å². The van der Waals surface area contributed by atoms with Gasteiger partial charge >= 0.3 is 6.18 Å². The Morgan fingerprint density at radius 2 is 2.12 bits per heavy atom. The summed E-state index contributed by atoms with van der Waals surface area (Å²) in [4.78, 5) is 0. The van der Waals surface area contributed by atoms with Crippen LogP contribution in [0.15, 0.2) is 18.2 Å². The van der Waals surface area contributed by atoms with Gasteiger partial charge in [0.05, 0.1) is 12.2 Å². The molecule has 0 amide bonds. The van der Waals surface area contributed by atoms with Gasteiger partial charge in [-0.3, -0.25) is 0 Å². The van der Waals surface area contributed by atoms with E-state index in [1.54, 1.807) is 7.05 Å². The molecule has 0 fully saturated rings. The molecule has 0 bridgehead atoms. The lowest BCUT2D eigenvalue weighted by atomic mass is 9.99. The van der Waals surface area contributed by atoms with E-state index in [1.165, 1.54) is 6.07 Å². The lowest BCUT2D eigenvalue weighted by Crippen LogP contribution is -2.24. The van der Waals surface area contributed by atoms with Crippen molar-refractivity contribution >= 4 is 0 Å². The lowest BCUT2D eigenvalue weighted by Gasteiger charge is -2.26. The van der Waals surface area contributed by atoms with Gasteiger partial charge < -0.3 is 10.1 Å². The van der Waals surface area contributed by atoms with Gasteiger partial charge in [0.15, 0.2) is 0 Å². The third kappa shape index (κ3) is 2.00. The summed E-state index contributed by atoms with van der Waals surface area (Å²) in [7, 11) is 1.79. The van der Waals surface area contributed by atoms with Gasteiger partial charge in [0.2, 0.25) is 0 Å². The second-order valence-electron chi connectivity index (χ2n) is 3.73. The zero-order chi connectivity index (χ0) is 11.8. The highest BCUT2D eigenvalue weighted by molar-refractivity contribution is 5.41. The normalized spacial score (nSPS) is 20.1. The van der Waals surface area contributed by atoms with Crippen LogP contribution in [-0.2, 0) is 6.18 Å². The van der Waals surface area contributed by atoms with E-state index in [4.69, 9.17) is 4.74 Å². The molecule has 0 aromatic heterocycles. The minimum atomic E-state index is -4.31. The number of halogens is 3. The highest BCUT2D eigenvalue weighted by atomic mass is 19.4. The first-order chi connectivity index (χ1) is 7.52. The fraction of sp³-hybridized carbons (Fsp3) is 0.455. The third-order valence-corrected chi connectivity index (χ3v) is 2.73. The van der Waals surface area contributed by atoms with Crippen molar-refractivity contribution in [2.24, 2.45) is 0 Å². The predicted octanol–water partition coefficient (Wildman–Crippen LogP) is 2.75. The van der Waals surface area contributed by atoms with Gasteiger partial charge in [-0.05, 0) is 19.2 Å². The number of hydrogen-bond donors (Lipinski definition) is 1. The van der Waals surface area contributed by atoms with E-state index in [0.717, 1.165) is 24.1 Å². The molecule has 1 unspecified atom stereocenters. The molecule has 0 saturated heterocycles. The van der Waals surface area contributed by atoms with E-state index in [1.807, 2.05) is 0 Å². The minimum Gasteiger partial charge on any atom is -0.493 e. The first-order valence-electron chi connectivity index (χ1n) is 5.03. The van der Waals surface area contributed by atoms with Crippen LogP contribution < -0.4 is 10.1 Å². The van der Waals surface area contributed by atoms with Crippen LogP contribution in [0.4, 0.5) is 13.2 Å². The summed E-state index contributed by atoms with van der Waals surface area (Å²) in [5, 5.41) is 3.06. The zero-order valence-corrected chi connectivity index (χ0v) is 8.77. The molecular formula is C11H12F3NO. The molecule has 1 heterocycles. The fourth-order valence-electron chi connectivity index (χ4n) is 1.87. The molecule has 0 saturated carbocycles. The minimum absolute atomic E-state index is 0.0750. The third-order valence-electron chi connectivity index (χ3n) is 2.73. The van der Waals surface area contributed by atoms with Crippen LogP contribution in [0.25, 0.3) is 0 Å². The van der Waals surface area contributed by atoms with E-state index in [0.29, 0.717) is 12.4 Å². The standard InChI is InChI=1S/C11H12F3NO/c1-15-9-4-5-16-10-6-7(11(12,13)14)2-3-8(9)10/h2-3,6,9,15H,4-5H2,1H3. The van der Waals surface area contributed by atoms with Crippen molar-refractivity contribution in [3.63, 3.8) is 0 Å². The van der Waals surface area contributed by atoms with E-state index < -0.39 is 11.7 Å². The Bertz CT molecular complexity index is 389. The zero-order valence-electron chi connectivity index (χ0n) is 8.77. The maximum Gasteiger partial charge on any atom is 0.416 e. The van der Waals surface area contributed by atoms with E-state index in [-0.39, 0.29) is 6.04 Å². The molecule has 5 heteroatoms. The summed E-state index contributed by atoms with van der Waals surface area (Å²) in [6.45, 7) is 0.444. The molecule has 1 aromatic carbocycles. The summed E-state index contributed by atoms with van der Waals surface area (Å²) in [6, 6.07) is 3.72. The first kappa shape index (κ1) is 11.3. The van der Waals surface area contributed by atoms with Gasteiger partial charge in [-0.25, -0.2) is 0 Å². The van der Waals surface area contributed by atoms with Crippen LogP contribution >= 0.6 is 0 Å². The van der Waals surface area contributed by atoms with Crippen molar-refractivity contribution in [2.75, 3.05) is 13.7 Å². The molecule has 0 spiro atoms. The smallest absolute Gasteiger partial charge is 0.416 e. The van der Waals surface area contributed by atoms with E-state index in [2.05, 4.69) is 5.32 Å². The predicted molar refractivity (Wildman–Crippen MR) is 53.4 cm³/mol. The van der Waals surface area contributed by atoms with Gasteiger partial charge in [0.1, 0.15) is 5.75 Å². The van der Waals surface area contributed by atoms with Crippen molar-refractivity contribution < 1.29 is 17.9 Å². The van der Waals surface area contributed by atoms with Gasteiger partial charge in [0, 0.05) is 18.0 Å². The first-order valence-corrected chi connectivity index (χ1v) is 5.03. The molecule has 0 aliphatic carbocycles. The Labute approximate surface area is 91.4 Å². The summed E-state index contributed by atoms with van der Waals surface area (Å²) < 4.78 is 42.6. The maximum absolute atomic E-state index is 12.5. The van der Waals surface area contributed by atoms with Crippen LogP contribution in [0, 0.1) is 0 Å². The number of benzene rings is 1. The SMILES string of the molecule is CNC1CCOc2cc(C(F)(F)F)ccc21. The molecule has 2 rings (SSSR count). The lowest BCUT2D eigenvalue weighted by molar-refractivity contribution is -0.137. The number of rotatable bonds is 1. The molecule has 1 aromatic rings. The molecule has 2 nitrogen and oxygen atoms in total. The van der Waals surface area contributed by atoms with Crippen LogP contribution in [0.2, 0.25) is 0 Å². The second kappa shape index (κ2) is 3.97. The summed E-state index contributed by atoms with van der Waals surface area (Å²) in [5.74, 6) is 0.334. The number of alkyl halides is 3. The van der Waals surface area contributed by atoms with Gasteiger partial charge in [-0.15, -0.1) is 0 Å². The molecule has 1 N–H and O–H groups in total. The Morgan fingerprint density at radius 3 is 2.75 bits per heavy atom. The monoisotopic (exact) mass is 231 g/mol. The summed E-state index contributed by atoms with van der Waals surface area (Å²) in [5.41, 5.74) is 0.129. The molecule has 1 aliphatic rings. The average Bonchev–Trinajstić information content (AvgIpc) is 2.26. The number of hydrogen-bond acceptors (Lipinski definition) is 2. The highest BCUT2D eigenvalue weighted by Gasteiger charge is 2.32. The number of nitrogens with one attached hydrogen (secondary N) is 1. The largest absolute Gasteiger partial charge is 0.493 e. The maximum atomic E-state index is 12.5. The highest BCUT2D eigenvalue weighted by Crippen LogP contribution is 2.37. The Hall–Kier alpha value is -1.23. The van der Waals surface area contributed by atoms with Crippen molar-refractivity contribution in [3.05, 3.63) is 29.3 Å². The second-order valence-corrected chi connectivity index (χ2v) is 3.73. The van der Waals surface area contributed by atoms with Gasteiger partial charge in [-0.1, -0.05) is 6.07 Å². The molecule has 88 valence electrons. The van der Waals surface area contributed by atoms with Crippen molar-refractivity contribution in [3.8, 4) is 5.75 Å². The molecule has 1 atom stereocenters. The summed E-state index contributed by atoms with van der Waals surface area (Å²) >= 11 is 0. The summed E-state index contributed by atoms with van der Waals surface area (Å²) in [6.07, 6.45) is -3.54.